The minimum absolute atomic E-state index is 0.0408. The summed E-state index contributed by atoms with van der Waals surface area (Å²) in [5.41, 5.74) is 1.41. The minimum Gasteiger partial charge on any atom is -0.478 e. The molecule has 4 nitrogen and oxygen atoms in total. The number of carbonyl (C=O) groups excluding carboxylic acids is 1. The van der Waals surface area contributed by atoms with Crippen molar-refractivity contribution in [1.29, 1.82) is 0 Å². The van der Waals surface area contributed by atoms with E-state index < -0.39 is 0 Å². The lowest BCUT2D eigenvalue weighted by Gasteiger charge is -2.11. The molecule has 4 aromatic carbocycles. The van der Waals surface area contributed by atoms with Gasteiger partial charge in [-0.05, 0) is 29.0 Å². The van der Waals surface area contributed by atoms with Crippen LogP contribution < -0.4 is 10.2 Å². The first-order valence-corrected chi connectivity index (χ1v) is 9.97. The molecule has 0 aliphatic heterocycles. The lowest BCUT2D eigenvalue weighted by Crippen LogP contribution is -2.17. The number of hydrogen-bond acceptors (Lipinski definition) is 4. The van der Waals surface area contributed by atoms with Crippen LogP contribution in [0.2, 0.25) is 0 Å². The second-order valence-corrected chi connectivity index (χ2v) is 7.23. The fraction of sp³-hybridized carbons (Fsp3) is 0.0370. The van der Waals surface area contributed by atoms with Gasteiger partial charge in [-0.1, -0.05) is 78.9 Å². The molecule has 0 amide bonds. The van der Waals surface area contributed by atoms with Crippen molar-refractivity contribution in [2.24, 2.45) is 0 Å². The molecule has 31 heavy (non-hydrogen) atoms. The average Bonchev–Trinajstić information content (AvgIpc) is 2.83. The van der Waals surface area contributed by atoms with Gasteiger partial charge < -0.3 is 9.15 Å². The number of benzene rings is 4. The zero-order chi connectivity index (χ0) is 21.2. The Morgan fingerprint density at radius 2 is 1.48 bits per heavy atom. The van der Waals surface area contributed by atoms with E-state index in [1.807, 2.05) is 72.8 Å². The molecule has 4 heteroatoms. The van der Waals surface area contributed by atoms with Gasteiger partial charge in [0.05, 0.1) is 5.39 Å². The highest BCUT2D eigenvalue weighted by Gasteiger charge is 2.19. The third-order valence-corrected chi connectivity index (χ3v) is 5.21. The van der Waals surface area contributed by atoms with Crippen LogP contribution in [0.25, 0.3) is 33.1 Å². The maximum Gasteiger partial charge on any atom is 0.235 e. The van der Waals surface area contributed by atoms with Gasteiger partial charge in [0.15, 0.2) is 18.2 Å². The molecule has 1 aromatic heterocycles. The van der Waals surface area contributed by atoms with E-state index in [1.54, 1.807) is 24.3 Å². The van der Waals surface area contributed by atoms with E-state index in [0.717, 1.165) is 10.8 Å². The Hall–Kier alpha value is -4.18. The van der Waals surface area contributed by atoms with Crippen LogP contribution in [0.5, 0.6) is 5.75 Å². The molecule has 0 atom stereocenters. The third-order valence-electron chi connectivity index (χ3n) is 5.21. The third kappa shape index (κ3) is 3.60. The Kier molecular flexibility index (Phi) is 4.81. The van der Waals surface area contributed by atoms with E-state index in [-0.39, 0.29) is 23.6 Å². The highest BCUT2D eigenvalue weighted by Crippen LogP contribution is 2.30. The molecule has 0 saturated heterocycles. The van der Waals surface area contributed by atoms with Crippen molar-refractivity contribution in [2.45, 2.75) is 0 Å². The molecular formula is C27H18O4. The molecule has 0 unspecified atom stereocenters. The summed E-state index contributed by atoms with van der Waals surface area (Å²) in [6, 6.07) is 29.6. The lowest BCUT2D eigenvalue weighted by atomic mass is 10.0. The maximum absolute atomic E-state index is 13.2. The van der Waals surface area contributed by atoms with Crippen LogP contribution >= 0.6 is 0 Å². The van der Waals surface area contributed by atoms with Crippen molar-refractivity contribution in [2.75, 3.05) is 6.61 Å². The molecule has 0 aliphatic rings. The molecule has 0 aliphatic carbocycles. The lowest BCUT2D eigenvalue weighted by molar-refractivity contribution is 0.0920. The predicted octanol–water partition coefficient (Wildman–Crippen LogP) is 5.87. The van der Waals surface area contributed by atoms with Gasteiger partial charge in [-0.15, -0.1) is 0 Å². The summed E-state index contributed by atoms with van der Waals surface area (Å²) in [7, 11) is 0. The number of ketones is 1. The molecule has 0 N–H and O–H groups in total. The Balaban J connectivity index is 1.52. The van der Waals surface area contributed by atoms with Gasteiger partial charge in [0.2, 0.25) is 11.2 Å². The van der Waals surface area contributed by atoms with Gasteiger partial charge in [0.25, 0.3) is 0 Å². The standard InChI is InChI=1S/C27H18O4/c28-23(21-15-14-18-8-4-5-11-20(18)16-21)17-30-27-25(29)22-12-6-7-13-24(22)31-26(27)19-9-2-1-3-10-19/h1-16H,17H2. The van der Waals surface area contributed by atoms with E-state index in [4.69, 9.17) is 9.15 Å². The summed E-state index contributed by atoms with van der Waals surface area (Å²) in [6.45, 7) is -0.263. The molecule has 0 radical (unpaired) electrons. The molecule has 150 valence electrons. The van der Waals surface area contributed by atoms with Gasteiger partial charge >= 0.3 is 0 Å². The maximum atomic E-state index is 13.2. The van der Waals surface area contributed by atoms with E-state index in [9.17, 15) is 9.59 Å². The fourth-order valence-electron chi connectivity index (χ4n) is 3.62. The Morgan fingerprint density at radius 3 is 2.32 bits per heavy atom. The van der Waals surface area contributed by atoms with E-state index >= 15 is 0 Å². The molecule has 0 bridgehead atoms. The van der Waals surface area contributed by atoms with Crippen LogP contribution in [0.15, 0.2) is 106 Å². The Labute approximate surface area is 178 Å². The van der Waals surface area contributed by atoms with Crippen LogP contribution in [0, 0.1) is 0 Å². The number of Topliss-reactive ketones (excluding diaryl/α,β-unsaturated/α-hetero) is 1. The highest BCUT2D eigenvalue weighted by atomic mass is 16.5. The summed E-state index contributed by atoms with van der Waals surface area (Å²) >= 11 is 0. The van der Waals surface area contributed by atoms with Crippen LogP contribution in [0.3, 0.4) is 0 Å². The highest BCUT2D eigenvalue weighted by molar-refractivity contribution is 6.01. The van der Waals surface area contributed by atoms with Crippen LogP contribution in [-0.2, 0) is 0 Å². The van der Waals surface area contributed by atoms with Crippen molar-refractivity contribution >= 4 is 27.5 Å². The van der Waals surface area contributed by atoms with Crippen molar-refractivity contribution in [3.05, 3.63) is 113 Å². The average molecular weight is 406 g/mol. The van der Waals surface area contributed by atoms with E-state index in [0.29, 0.717) is 27.9 Å². The second-order valence-electron chi connectivity index (χ2n) is 7.23. The first-order chi connectivity index (χ1) is 15.2. The summed E-state index contributed by atoms with van der Waals surface area (Å²) in [5.74, 6) is 0.145. The smallest absolute Gasteiger partial charge is 0.235 e. The van der Waals surface area contributed by atoms with Gasteiger partial charge in [-0.2, -0.15) is 0 Å². The van der Waals surface area contributed by atoms with E-state index in [1.165, 1.54) is 0 Å². The quantitative estimate of drug-likeness (QED) is 0.342. The predicted molar refractivity (Wildman–Crippen MR) is 122 cm³/mol. The number of para-hydroxylation sites is 1. The number of rotatable bonds is 5. The SMILES string of the molecule is O=C(COc1c(-c2ccccc2)oc2ccccc2c1=O)c1ccc2ccccc2c1. The number of hydrogen-bond donors (Lipinski definition) is 0. The van der Waals surface area contributed by atoms with Crippen LogP contribution in [-0.4, -0.2) is 12.4 Å². The largest absolute Gasteiger partial charge is 0.478 e. The first kappa shape index (κ1) is 18.8. The number of ether oxygens (including phenoxy) is 1. The topological polar surface area (TPSA) is 56.5 Å². The van der Waals surface area contributed by atoms with Crippen molar-refractivity contribution in [1.82, 2.24) is 0 Å². The number of fused-ring (bicyclic) bond motifs is 2. The summed E-state index contributed by atoms with van der Waals surface area (Å²) in [5, 5.41) is 2.44. The van der Waals surface area contributed by atoms with Gasteiger partial charge in [-0.25, -0.2) is 0 Å². The second kappa shape index (κ2) is 7.92. The van der Waals surface area contributed by atoms with Crippen molar-refractivity contribution < 1.29 is 13.9 Å². The first-order valence-electron chi connectivity index (χ1n) is 9.97. The van der Waals surface area contributed by atoms with Crippen LogP contribution in [0.1, 0.15) is 10.4 Å². The minimum atomic E-state index is -0.299. The summed E-state index contributed by atoms with van der Waals surface area (Å²) in [6.07, 6.45) is 0. The van der Waals surface area contributed by atoms with Crippen LogP contribution in [0.4, 0.5) is 0 Å². The van der Waals surface area contributed by atoms with Crippen molar-refractivity contribution in [3.63, 3.8) is 0 Å². The summed E-state index contributed by atoms with van der Waals surface area (Å²) in [4.78, 5) is 26.0. The monoisotopic (exact) mass is 406 g/mol. The Bertz CT molecular complexity index is 1470. The normalized spacial score (nSPS) is 11.0. The molecule has 0 saturated carbocycles. The Morgan fingerprint density at radius 1 is 0.774 bits per heavy atom. The molecule has 5 aromatic rings. The van der Waals surface area contributed by atoms with E-state index in [2.05, 4.69) is 0 Å². The van der Waals surface area contributed by atoms with Gasteiger partial charge in [0, 0.05) is 11.1 Å². The molecule has 1 heterocycles. The zero-order valence-electron chi connectivity index (χ0n) is 16.6. The van der Waals surface area contributed by atoms with Gasteiger partial charge in [0.1, 0.15) is 5.58 Å². The molecule has 0 spiro atoms. The molecular weight excluding hydrogens is 388 g/mol. The molecule has 5 rings (SSSR count). The van der Waals surface area contributed by atoms with Gasteiger partial charge in [-0.3, -0.25) is 9.59 Å². The number of carbonyl (C=O) groups is 1. The fourth-order valence-corrected chi connectivity index (χ4v) is 3.62. The zero-order valence-corrected chi connectivity index (χ0v) is 16.6. The molecule has 0 fully saturated rings. The summed E-state index contributed by atoms with van der Waals surface area (Å²) < 4.78 is 11.8. The van der Waals surface area contributed by atoms with Crippen molar-refractivity contribution in [3.8, 4) is 17.1 Å².